The van der Waals surface area contributed by atoms with Gasteiger partial charge in [0.1, 0.15) is 0 Å². The second kappa shape index (κ2) is 3.96. The lowest BCUT2D eigenvalue weighted by atomic mass is 11.0. The van der Waals surface area contributed by atoms with Gasteiger partial charge in [-0.2, -0.15) is 0 Å². The van der Waals surface area contributed by atoms with Gasteiger partial charge in [-0.05, 0) is 0 Å². The molecule has 0 bridgehead atoms. The van der Waals surface area contributed by atoms with Crippen molar-refractivity contribution in [2.75, 3.05) is 13.1 Å². The summed E-state index contributed by atoms with van der Waals surface area (Å²) in [6.45, 7) is 2.50. The lowest BCUT2D eigenvalue weighted by Gasteiger charge is -1.21. The van der Waals surface area contributed by atoms with E-state index in [4.69, 9.17) is 0 Å². The van der Waals surface area contributed by atoms with Crippen LogP contribution in [-0.4, -0.2) is 13.1 Å². The van der Waals surface area contributed by atoms with Gasteiger partial charge in [0.25, 0.3) is 0 Å². The molecule has 0 amide bonds. The van der Waals surface area contributed by atoms with Crippen LogP contribution in [0, 0.1) is 0 Å². The molecule has 0 saturated carbocycles. The van der Waals surface area contributed by atoms with E-state index in [0.29, 0.717) is 0 Å². The van der Waals surface area contributed by atoms with Crippen LogP contribution < -0.4 is 5.32 Å². The van der Waals surface area contributed by atoms with E-state index in [1.807, 2.05) is 0 Å². The molecule has 1 nitrogen and oxygen atoms in total. The summed E-state index contributed by atoms with van der Waals surface area (Å²) in [6, 6.07) is 0. The number of hydrogen-bond acceptors (Lipinski definition) is 1. The third-order valence-corrected chi connectivity index (χ3v) is 0.250. The van der Waals surface area contributed by atoms with Crippen LogP contribution in [0.3, 0.4) is 0 Å². The fourth-order valence-corrected chi connectivity index (χ4v) is 0. The molecule has 0 aromatic heterocycles. The predicted octanol–water partition coefficient (Wildman–Crippen LogP) is 0.862. The first kappa shape index (κ1) is 8.88. The maximum atomic E-state index is 3.00. The van der Waals surface area contributed by atoms with Crippen LogP contribution in [0.1, 0.15) is 14.9 Å². The van der Waals surface area contributed by atoms with E-state index in [-0.39, 0.29) is 14.9 Å². The second-order valence-electron chi connectivity index (χ2n) is 0.750. The lowest BCUT2D eigenvalue weighted by Crippen LogP contribution is -1.56. The van der Waals surface area contributed by atoms with Crippen molar-refractivity contribution in [3.8, 4) is 0 Å². The molecule has 0 aromatic carbocycles. The van der Waals surface area contributed by atoms with Gasteiger partial charge in [0, 0.05) is 13.1 Å². The van der Waals surface area contributed by atoms with Crippen molar-refractivity contribution in [1.29, 1.82) is 0 Å². The minimum absolute atomic E-state index is 0. The van der Waals surface area contributed by atoms with Gasteiger partial charge in [-0.3, -0.25) is 0 Å². The van der Waals surface area contributed by atoms with E-state index in [9.17, 15) is 0 Å². The molecule has 0 radical (unpaired) electrons. The monoisotopic (exact) mass is 75.1 g/mol. The summed E-state index contributed by atoms with van der Waals surface area (Å²) in [5.41, 5.74) is 0. The van der Waals surface area contributed by atoms with Crippen molar-refractivity contribution >= 4 is 0 Å². The van der Waals surface area contributed by atoms with Gasteiger partial charge in [0.2, 0.25) is 0 Å². The molecule has 1 rings (SSSR count). The largest absolute Gasteiger partial charge is 0.314 e. The van der Waals surface area contributed by atoms with Crippen molar-refractivity contribution < 1.29 is 0 Å². The second-order valence-corrected chi connectivity index (χ2v) is 0.750. The Morgan fingerprint density at radius 3 is 1.20 bits per heavy atom. The van der Waals surface area contributed by atoms with Crippen molar-refractivity contribution in [3.05, 3.63) is 0 Å². The van der Waals surface area contributed by atoms with Crippen LogP contribution in [0.15, 0.2) is 0 Å². The van der Waals surface area contributed by atoms with Gasteiger partial charge < -0.3 is 5.32 Å². The van der Waals surface area contributed by atoms with E-state index >= 15 is 0 Å². The molecule has 34 valence electrons. The van der Waals surface area contributed by atoms with Crippen LogP contribution in [0.5, 0.6) is 0 Å². The summed E-state index contributed by atoms with van der Waals surface area (Å²) in [4.78, 5) is 0. The molecule has 1 N–H and O–H groups in total. The van der Waals surface area contributed by atoms with Gasteiger partial charge in [0.05, 0.1) is 0 Å². The summed E-state index contributed by atoms with van der Waals surface area (Å²) in [5, 5.41) is 3.00. The van der Waals surface area contributed by atoms with Crippen molar-refractivity contribution in [1.82, 2.24) is 5.32 Å². The Kier molecular flexibility index (Phi) is 7.03. The molecule has 1 heteroatoms. The highest BCUT2D eigenvalue weighted by molar-refractivity contribution is 4.58. The summed E-state index contributed by atoms with van der Waals surface area (Å²) < 4.78 is 0. The van der Waals surface area contributed by atoms with E-state index in [0.717, 1.165) is 0 Å². The molecule has 1 fully saturated rings. The van der Waals surface area contributed by atoms with Gasteiger partial charge >= 0.3 is 0 Å². The summed E-state index contributed by atoms with van der Waals surface area (Å²) in [5.74, 6) is 0. The summed E-state index contributed by atoms with van der Waals surface area (Å²) in [6.07, 6.45) is 0. The zero-order valence-corrected chi connectivity index (χ0v) is 1.91. The third kappa shape index (κ3) is 16.5. The van der Waals surface area contributed by atoms with Gasteiger partial charge in [-0.15, -0.1) is 0 Å². The van der Waals surface area contributed by atoms with Gasteiger partial charge in [-0.1, -0.05) is 14.9 Å². The molecule has 0 unspecified atom stereocenters. The van der Waals surface area contributed by atoms with Crippen molar-refractivity contribution in [2.45, 2.75) is 14.9 Å². The Morgan fingerprint density at radius 1 is 1.00 bits per heavy atom. The molecular weight excluding hydrogens is 62.1 g/mol. The Bertz CT molecular complexity index is 8.36. The zero-order chi connectivity index (χ0) is 2.12. The Balaban J connectivity index is 0. The van der Waals surface area contributed by atoms with Crippen LogP contribution >= 0.6 is 0 Å². The van der Waals surface area contributed by atoms with Crippen molar-refractivity contribution in [2.24, 2.45) is 0 Å². The van der Waals surface area contributed by atoms with Crippen LogP contribution in [0.2, 0.25) is 0 Å². The minimum atomic E-state index is 0. The topological polar surface area (TPSA) is 21.9 Å². The maximum absolute atomic E-state index is 3.00. The Hall–Kier alpha value is -0.0400. The zero-order valence-electron chi connectivity index (χ0n) is 1.91. The molecule has 0 spiro atoms. The maximum Gasteiger partial charge on any atom is 0.00772 e. The highest BCUT2D eigenvalue weighted by atomic mass is 15.0. The van der Waals surface area contributed by atoms with E-state index < -0.39 is 0 Å². The molecule has 0 aromatic rings. The summed E-state index contributed by atoms with van der Waals surface area (Å²) >= 11 is 0. The third-order valence-electron chi connectivity index (χ3n) is 0.250. The molecule has 1 saturated heterocycles. The first-order chi connectivity index (χ1) is 1.50. The average Bonchev–Trinajstić information content (AvgIpc) is 1.46. The minimum Gasteiger partial charge on any atom is -0.314 e. The Labute approximate surface area is 34.4 Å². The van der Waals surface area contributed by atoms with Crippen LogP contribution in [0.4, 0.5) is 0 Å². The van der Waals surface area contributed by atoms with E-state index in [1.54, 1.807) is 0 Å². The average molecular weight is 75.2 g/mol. The van der Waals surface area contributed by atoms with Gasteiger partial charge in [-0.25, -0.2) is 0 Å². The number of nitrogens with one attached hydrogen (secondary N) is 1. The Morgan fingerprint density at radius 2 is 1.20 bits per heavy atom. The fraction of sp³-hybridized carbons (Fsp3) is 1.00. The highest BCUT2D eigenvalue weighted by Crippen LogP contribution is 1.65. The van der Waals surface area contributed by atoms with E-state index in [1.165, 1.54) is 13.1 Å². The SMILES string of the molecule is C.C.C1CN1. The molecule has 0 atom stereocenters. The molecule has 0 aliphatic carbocycles. The molecule has 1 aliphatic rings. The molecular formula is C4H13N. The van der Waals surface area contributed by atoms with Crippen molar-refractivity contribution in [3.63, 3.8) is 0 Å². The van der Waals surface area contributed by atoms with E-state index in [2.05, 4.69) is 5.32 Å². The molecule has 5 heavy (non-hydrogen) atoms. The highest BCUT2D eigenvalue weighted by Gasteiger charge is 1.91. The van der Waals surface area contributed by atoms with Crippen LogP contribution in [-0.2, 0) is 0 Å². The normalized spacial score (nSPS) is 14.4. The summed E-state index contributed by atoms with van der Waals surface area (Å²) in [7, 11) is 0. The number of rotatable bonds is 0. The quantitative estimate of drug-likeness (QED) is 0.424. The molecule has 1 heterocycles. The van der Waals surface area contributed by atoms with Crippen LogP contribution in [0.25, 0.3) is 0 Å². The molecule has 1 aliphatic heterocycles. The fourth-order valence-electron chi connectivity index (χ4n) is 0. The smallest absolute Gasteiger partial charge is 0.00772 e. The number of hydrogen-bond donors (Lipinski definition) is 1. The predicted molar refractivity (Wildman–Crippen MR) is 26.3 cm³/mol. The first-order valence-corrected chi connectivity index (χ1v) is 1.21. The first-order valence-electron chi connectivity index (χ1n) is 1.21. The standard InChI is InChI=1S/C2H5N.2CH4/c1-2-3-1;;/h3H,1-2H2;2*1H4. The van der Waals surface area contributed by atoms with Gasteiger partial charge in [0.15, 0.2) is 0 Å². The lowest BCUT2D eigenvalue weighted by molar-refractivity contribution is 1.34.